The van der Waals surface area contributed by atoms with Crippen LogP contribution < -0.4 is 9.80 Å². The van der Waals surface area contributed by atoms with E-state index in [9.17, 15) is 0 Å². The number of rotatable bonds is 3. The van der Waals surface area contributed by atoms with E-state index < -0.39 is 0 Å². The normalized spacial score (nSPS) is 15.5. The van der Waals surface area contributed by atoms with E-state index in [1.54, 1.807) is 16.0 Å². The summed E-state index contributed by atoms with van der Waals surface area (Å²) in [5, 5.41) is 16.2. The lowest BCUT2D eigenvalue weighted by Gasteiger charge is -2.22. The van der Waals surface area contributed by atoms with Crippen molar-refractivity contribution < 1.29 is 0 Å². The molecule has 0 N–H and O–H groups in total. The molecule has 24 heavy (non-hydrogen) atoms. The topological polar surface area (TPSA) is 63.0 Å². The lowest BCUT2D eigenvalue weighted by atomic mass is 10.3. The quantitative estimate of drug-likeness (QED) is 0.727. The van der Waals surface area contributed by atoms with Crippen molar-refractivity contribution in [3.63, 3.8) is 0 Å². The maximum atomic E-state index is 4.41. The van der Waals surface area contributed by atoms with Gasteiger partial charge in [-0.1, -0.05) is 0 Å². The Bertz CT molecular complexity index is 781. The first-order valence-electron chi connectivity index (χ1n) is 8.05. The molecule has 4 heterocycles. The highest BCUT2D eigenvalue weighted by atomic mass is 32.1. The monoisotopic (exact) mass is 341 g/mol. The fourth-order valence-electron chi connectivity index (χ4n) is 2.86. The molecular formula is C16H19N7S. The van der Waals surface area contributed by atoms with Crippen molar-refractivity contribution in [2.75, 3.05) is 36.0 Å². The number of aromatic nitrogens is 5. The summed E-state index contributed by atoms with van der Waals surface area (Å²) in [6.07, 6.45) is 4.85. The van der Waals surface area contributed by atoms with E-state index in [1.807, 2.05) is 42.9 Å². The Morgan fingerprint density at radius 2 is 1.75 bits per heavy atom. The molecule has 7 nitrogen and oxygen atoms in total. The smallest absolute Gasteiger partial charge is 0.185 e. The molecule has 4 rings (SSSR count). The lowest BCUT2D eigenvalue weighted by Crippen LogP contribution is -2.31. The summed E-state index contributed by atoms with van der Waals surface area (Å²) in [4.78, 5) is 9.05. The molecular weight excluding hydrogens is 322 g/mol. The highest BCUT2D eigenvalue weighted by molar-refractivity contribution is 7.13. The van der Waals surface area contributed by atoms with Crippen molar-refractivity contribution in [3.8, 4) is 5.82 Å². The van der Waals surface area contributed by atoms with E-state index in [0.717, 1.165) is 55.1 Å². The lowest BCUT2D eigenvalue weighted by molar-refractivity contribution is 0.764. The molecule has 0 spiro atoms. The molecule has 0 bridgehead atoms. The molecule has 0 atom stereocenters. The first kappa shape index (κ1) is 15.1. The van der Waals surface area contributed by atoms with Crippen molar-refractivity contribution in [3.05, 3.63) is 41.7 Å². The highest BCUT2D eigenvalue weighted by Gasteiger charge is 2.18. The molecule has 3 aromatic rings. The first-order valence-corrected chi connectivity index (χ1v) is 8.93. The summed E-state index contributed by atoms with van der Waals surface area (Å²) in [5.74, 6) is 1.66. The van der Waals surface area contributed by atoms with Gasteiger partial charge in [-0.25, -0.2) is 9.67 Å². The van der Waals surface area contributed by atoms with Crippen molar-refractivity contribution >= 4 is 22.3 Å². The third kappa shape index (κ3) is 3.09. The van der Waals surface area contributed by atoms with Gasteiger partial charge in [-0.2, -0.15) is 5.10 Å². The van der Waals surface area contributed by atoms with Crippen LogP contribution in [0.25, 0.3) is 5.82 Å². The van der Waals surface area contributed by atoms with Crippen LogP contribution in [0.3, 0.4) is 0 Å². The maximum Gasteiger partial charge on any atom is 0.185 e. The molecule has 0 amide bonds. The highest BCUT2D eigenvalue weighted by Crippen LogP contribution is 2.21. The molecule has 1 aliphatic heterocycles. The van der Waals surface area contributed by atoms with Gasteiger partial charge in [0.05, 0.1) is 5.69 Å². The Balaban J connectivity index is 1.46. The Labute approximate surface area is 144 Å². The zero-order chi connectivity index (χ0) is 16.4. The Morgan fingerprint density at radius 1 is 0.958 bits per heavy atom. The summed E-state index contributed by atoms with van der Waals surface area (Å²) in [7, 11) is 0. The molecule has 0 saturated carbocycles. The van der Waals surface area contributed by atoms with Gasteiger partial charge in [-0.3, -0.25) is 0 Å². The van der Waals surface area contributed by atoms with Gasteiger partial charge in [0.1, 0.15) is 0 Å². The molecule has 124 valence electrons. The zero-order valence-electron chi connectivity index (χ0n) is 13.5. The first-order chi connectivity index (χ1) is 11.8. The number of hydrogen-bond donors (Lipinski definition) is 0. The summed E-state index contributed by atoms with van der Waals surface area (Å²) < 4.78 is 1.75. The van der Waals surface area contributed by atoms with Crippen molar-refractivity contribution in [1.82, 2.24) is 25.0 Å². The van der Waals surface area contributed by atoms with Crippen LogP contribution in [0.2, 0.25) is 0 Å². The van der Waals surface area contributed by atoms with Crippen LogP contribution in [0, 0.1) is 6.92 Å². The van der Waals surface area contributed by atoms with E-state index in [1.165, 1.54) is 0 Å². The van der Waals surface area contributed by atoms with Crippen molar-refractivity contribution in [2.45, 2.75) is 13.3 Å². The molecule has 0 radical (unpaired) electrons. The molecule has 1 saturated heterocycles. The minimum absolute atomic E-state index is 0.742. The van der Waals surface area contributed by atoms with Crippen molar-refractivity contribution in [1.29, 1.82) is 0 Å². The zero-order valence-corrected chi connectivity index (χ0v) is 14.4. The van der Waals surface area contributed by atoms with Gasteiger partial charge >= 0.3 is 0 Å². The molecule has 1 fully saturated rings. The van der Waals surface area contributed by atoms with Gasteiger partial charge in [0, 0.05) is 44.0 Å². The Morgan fingerprint density at radius 3 is 2.46 bits per heavy atom. The minimum atomic E-state index is 0.742. The average Bonchev–Trinajstić information content (AvgIpc) is 3.23. The fourth-order valence-corrected chi connectivity index (χ4v) is 3.56. The maximum absolute atomic E-state index is 4.41. The number of anilines is 2. The number of aryl methyl sites for hydroxylation is 1. The average molecular weight is 341 g/mol. The molecule has 3 aromatic heterocycles. The molecule has 1 aliphatic rings. The number of nitrogens with zero attached hydrogens (tertiary/aromatic N) is 7. The van der Waals surface area contributed by atoms with Crippen LogP contribution >= 0.6 is 11.3 Å². The standard InChI is InChI=1S/C16H19N7S/c1-13-5-9-23(20-13)15-4-3-14(18-19-15)21-7-2-8-22(11-10-21)16-17-6-12-24-16/h3-6,9,12H,2,7-8,10-11H2,1H3. The number of thiazole rings is 1. The van der Waals surface area contributed by atoms with Gasteiger partial charge in [0.15, 0.2) is 16.8 Å². The largest absolute Gasteiger partial charge is 0.353 e. The Kier molecular flexibility index (Phi) is 4.12. The van der Waals surface area contributed by atoms with Crippen LogP contribution in [-0.2, 0) is 0 Å². The van der Waals surface area contributed by atoms with E-state index in [4.69, 9.17) is 0 Å². The second-order valence-corrected chi connectivity index (χ2v) is 6.67. The summed E-state index contributed by atoms with van der Waals surface area (Å²) in [6, 6.07) is 5.95. The predicted molar refractivity (Wildman–Crippen MR) is 95.0 cm³/mol. The fraction of sp³-hybridized carbons (Fsp3) is 0.375. The summed E-state index contributed by atoms with van der Waals surface area (Å²) in [5.41, 5.74) is 0.968. The van der Waals surface area contributed by atoms with Gasteiger partial charge < -0.3 is 9.80 Å². The van der Waals surface area contributed by atoms with Gasteiger partial charge in [-0.15, -0.1) is 21.5 Å². The van der Waals surface area contributed by atoms with Gasteiger partial charge in [0.2, 0.25) is 0 Å². The van der Waals surface area contributed by atoms with Crippen LogP contribution in [-0.4, -0.2) is 51.1 Å². The SMILES string of the molecule is Cc1ccn(-c2ccc(N3CCCN(c4nccs4)CC3)nn2)n1. The van der Waals surface area contributed by atoms with Crippen LogP contribution in [0.15, 0.2) is 36.0 Å². The van der Waals surface area contributed by atoms with E-state index in [0.29, 0.717) is 0 Å². The molecule has 0 aromatic carbocycles. The Hall–Kier alpha value is -2.48. The third-order valence-corrected chi connectivity index (χ3v) is 4.94. The summed E-state index contributed by atoms with van der Waals surface area (Å²) in [6.45, 7) is 5.85. The number of hydrogen-bond acceptors (Lipinski definition) is 7. The van der Waals surface area contributed by atoms with Gasteiger partial charge in [-0.05, 0) is 31.5 Å². The second-order valence-electron chi connectivity index (χ2n) is 5.79. The van der Waals surface area contributed by atoms with E-state index in [-0.39, 0.29) is 0 Å². The molecule has 0 unspecified atom stereocenters. The van der Waals surface area contributed by atoms with Crippen LogP contribution in [0.1, 0.15) is 12.1 Å². The third-order valence-electron chi connectivity index (χ3n) is 4.10. The van der Waals surface area contributed by atoms with E-state index >= 15 is 0 Å². The van der Waals surface area contributed by atoms with Crippen molar-refractivity contribution in [2.24, 2.45) is 0 Å². The second kappa shape index (κ2) is 6.56. The molecule has 0 aliphatic carbocycles. The molecule has 8 heteroatoms. The van der Waals surface area contributed by atoms with Crippen LogP contribution in [0.4, 0.5) is 10.9 Å². The minimum Gasteiger partial charge on any atom is -0.353 e. The van der Waals surface area contributed by atoms with Crippen LogP contribution in [0.5, 0.6) is 0 Å². The van der Waals surface area contributed by atoms with E-state index in [2.05, 4.69) is 30.1 Å². The summed E-state index contributed by atoms with van der Waals surface area (Å²) >= 11 is 1.70. The van der Waals surface area contributed by atoms with Gasteiger partial charge in [0.25, 0.3) is 0 Å². The predicted octanol–water partition coefficient (Wildman–Crippen LogP) is 2.14.